The predicted molar refractivity (Wildman–Crippen MR) is 44.2 cm³/mol. The van der Waals surface area contributed by atoms with Crippen molar-refractivity contribution in [3.8, 4) is 0 Å². The van der Waals surface area contributed by atoms with Crippen molar-refractivity contribution >= 4 is 13.6 Å². The molecule has 0 N–H and O–H groups in total. The molecule has 0 aliphatic carbocycles. The Morgan fingerprint density at radius 3 is 1.88 bits per heavy atom. The number of rotatable bonds is 0. The SMILES string of the molecule is FC(F)(F)c1[c-]ccc(C(F)(F)F)c1.[Zn+][Br]. The zero-order valence-corrected chi connectivity index (χ0v) is 12.1. The van der Waals surface area contributed by atoms with Crippen LogP contribution in [0.4, 0.5) is 26.3 Å². The van der Waals surface area contributed by atoms with E-state index in [0.29, 0.717) is 12.1 Å². The van der Waals surface area contributed by atoms with Crippen molar-refractivity contribution in [3.63, 3.8) is 0 Å². The Labute approximate surface area is 104 Å². The fourth-order valence-corrected chi connectivity index (χ4v) is 0.806. The minimum absolute atomic E-state index is 0.0278. The van der Waals surface area contributed by atoms with E-state index in [9.17, 15) is 26.3 Å². The van der Waals surface area contributed by atoms with E-state index in [4.69, 9.17) is 0 Å². The van der Waals surface area contributed by atoms with Gasteiger partial charge in [-0.15, -0.1) is 6.07 Å². The topological polar surface area (TPSA) is 0 Å². The van der Waals surface area contributed by atoms with Crippen molar-refractivity contribution in [3.05, 3.63) is 35.4 Å². The van der Waals surface area contributed by atoms with Gasteiger partial charge in [0.15, 0.2) is 0 Å². The first-order chi connectivity index (χ1) is 7.21. The zero-order chi connectivity index (χ0) is 13.0. The molecule has 8 heteroatoms. The van der Waals surface area contributed by atoms with Crippen molar-refractivity contribution in [2.75, 3.05) is 0 Å². The van der Waals surface area contributed by atoms with E-state index < -0.39 is 23.5 Å². The van der Waals surface area contributed by atoms with E-state index in [1.807, 2.05) is 0 Å². The Bertz CT molecular complexity index is 303. The van der Waals surface area contributed by atoms with E-state index in [1.165, 1.54) is 16.3 Å². The van der Waals surface area contributed by atoms with Gasteiger partial charge in [0.05, 0.1) is 0 Å². The molecule has 0 atom stereocenters. The molecule has 1 rings (SSSR count). The first-order valence-corrected chi connectivity index (χ1v) is 10.6. The van der Waals surface area contributed by atoms with Crippen molar-refractivity contribution < 1.29 is 42.7 Å². The number of benzene rings is 1. The fraction of sp³-hybridized carbons (Fsp3) is 0.250. The number of alkyl halides is 6. The summed E-state index contributed by atoms with van der Waals surface area (Å²) in [5, 5.41) is 0. The summed E-state index contributed by atoms with van der Waals surface area (Å²) < 4.78 is 71.8. The van der Waals surface area contributed by atoms with Gasteiger partial charge in [-0.1, -0.05) is 11.1 Å². The molecule has 0 spiro atoms. The molecule has 0 fully saturated rings. The summed E-state index contributed by atoms with van der Waals surface area (Å²) in [4.78, 5) is 0. The zero-order valence-electron chi connectivity index (χ0n) is 7.58. The molecule has 16 heavy (non-hydrogen) atoms. The molecule has 1 aromatic rings. The molecule has 0 nitrogen and oxygen atoms in total. The fourth-order valence-electron chi connectivity index (χ4n) is 0.806. The second-order valence-electron chi connectivity index (χ2n) is 2.49. The Morgan fingerprint density at radius 1 is 1.00 bits per heavy atom. The predicted octanol–water partition coefficient (Wildman–Crippen LogP) is 4.37. The van der Waals surface area contributed by atoms with Crippen molar-refractivity contribution in [2.45, 2.75) is 12.4 Å². The van der Waals surface area contributed by atoms with Crippen molar-refractivity contribution in [2.24, 2.45) is 0 Å². The molecule has 0 heterocycles. The Balaban J connectivity index is 0.00000106. The van der Waals surface area contributed by atoms with Gasteiger partial charge >= 0.3 is 42.3 Å². The first-order valence-electron chi connectivity index (χ1n) is 3.64. The summed E-state index contributed by atoms with van der Waals surface area (Å²) in [5.41, 5.74) is -2.75. The van der Waals surface area contributed by atoms with Gasteiger partial charge in [-0.2, -0.15) is 44.5 Å². The Kier molecular flexibility index (Phi) is 5.97. The summed E-state index contributed by atoms with van der Waals surface area (Å²) in [6, 6.07) is 2.86. The van der Waals surface area contributed by atoms with Crippen molar-refractivity contribution in [1.29, 1.82) is 0 Å². The van der Waals surface area contributed by atoms with E-state index >= 15 is 0 Å². The molecule has 0 unspecified atom stereocenters. The van der Waals surface area contributed by atoms with Gasteiger partial charge in [0.1, 0.15) is 0 Å². The van der Waals surface area contributed by atoms with E-state index in [1.54, 1.807) is 6.07 Å². The van der Waals surface area contributed by atoms with Gasteiger partial charge in [-0.3, -0.25) is 0 Å². The van der Waals surface area contributed by atoms with Crippen molar-refractivity contribution in [1.82, 2.24) is 0 Å². The van der Waals surface area contributed by atoms with Crippen LogP contribution in [-0.4, -0.2) is 0 Å². The Morgan fingerprint density at radius 2 is 1.50 bits per heavy atom. The third-order valence-electron chi connectivity index (χ3n) is 1.43. The summed E-state index contributed by atoms with van der Waals surface area (Å²) in [6.07, 6.45) is -9.57. The maximum atomic E-state index is 12.0. The minimum atomic E-state index is -4.80. The average molecular weight is 358 g/mol. The molecular formula is C8H3BrF6Zn. The molecule has 0 aromatic heterocycles. The average Bonchev–Trinajstić information content (AvgIpc) is 2.18. The number of halogens is 7. The van der Waals surface area contributed by atoms with Crippen LogP contribution in [0.5, 0.6) is 0 Å². The molecule has 0 bridgehead atoms. The Hall–Kier alpha value is -0.0966. The van der Waals surface area contributed by atoms with Gasteiger partial charge in [0, 0.05) is 0 Å². The van der Waals surface area contributed by atoms with Gasteiger partial charge in [-0.25, -0.2) is 0 Å². The van der Waals surface area contributed by atoms with E-state index in [2.05, 4.69) is 13.6 Å². The van der Waals surface area contributed by atoms with E-state index in [0.717, 1.165) is 0 Å². The molecular weight excluding hydrogens is 355 g/mol. The molecule has 0 saturated heterocycles. The maximum absolute atomic E-state index is 12.0. The molecule has 0 aliphatic heterocycles. The number of hydrogen-bond acceptors (Lipinski definition) is 0. The summed E-state index contributed by atoms with van der Waals surface area (Å²) in [7, 11) is 0. The summed E-state index contributed by atoms with van der Waals surface area (Å²) in [5.74, 6) is 0. The third-order valence-corrected chi connectivity index (χ3v) is 1.43. The molecule has 86 valence electrons. The van der Waals surface area contributed by atoms with Crippen LogP contribution in [0.2, 0.25) is 0 Å². The van der Waals surface area contributed by atoms with Crippen LogP contribution in [0.25, 0.3) is 0 Å². The second-order valence-corrected chi connectivity index (χ2v) is 2.49. The van der Waals surface area contributed by atoms with Crippen LogP contribution in [0, 0.1) is 6.07 Å². The first kappa shape index (κ1) is 15.9. The quantitative estimate of drug-likeness (QED) is 0.367. The van der Waals surface area contributed by atoms with Gasteiger partial charge < -0.3 is 0 Å². The van der Waals surface area contributed by atoms with Crippen LogP contribution < -0.4 is 0 Å². The second kappa shape index (κ2) is 6.00. The standard InChI is InChI=1S/C8H3F6.BrH.Zn/c9-7(10,11)5-2-1-3-6(4-5)8(12,13)14;;/h1-2,4H;1H;/q-1;;+2/p-1. The van der Waals surface area contributed by atoms with Gasteiger partial charge in [-0.05, 0) is 0 Å². The molecule has 0 radical (unpaired) electrons. The van der Waals surface area contributed by atoms with Crippen LogP contribution in [0.1, 0.15) is 11.1 Å². The van der Waals surface area contributed by atoms with Crippen LogP contribution in [-0.2, 0) is 28.7 Å². The van der Waals surface area contributed by atoms with Crippen LogP contribution in [0.15, 0.2) is 18.2 Å². The van der Waals surface area contributed by atoms with Gasteiger partial charge in [0.2, 0.25) is 0 Å². The van der Waals surface area contributed by atoms with Crippen LogP contribution in [0.3, 0.4) is 0 Å². The molecule has 0 aliphatic rings. The van der Waals surface area contributed by atoms with Crippen LogP contribution >= 0.6 is 13.6 Å². The third kappa shape index (κ3) is 4.83. The van der Waals surface area contributed by atoms with E-state index in [-0.39, 0.29) is 6.07 Å². The molecule has 0 saturated carbocycles. The monoisotopic (exact) mass is 356 g/mol. The normalized spacial score (nSPS) is 11.8. The molecule has 0 amide bonds. The summed E-state index contributed by atoms with van der Waals surface area (Å²) >= 11 is 4.25. The number of hydrogen-bond donors (Lipinski definition) is 0. The summed E-state index contributed by atoms with van der Waals surface area (Å²) in [6.45, 7) is 0. The van der Waals surface area contributed by atoms with Gasteiger partial charge in [0.25, 0.3) is 0 Å². The molecule has 1 aromatic carbocycles.